The van der Waals surface area contributed by atoms with E-state index in [0.29, 0.717) is 28.1 Å². The molecule has 0 saturated heterocycles. The Morgan fingerprint density at radius 2 is 1.80 bits per heavy atom. The molecule has 0 radical (unpaired) electrons. The van der Waals surface area contributed by atoms with Crippen molar-refractivity contribution < 1.29 is 19.1 Å². The fourth-order valence-corrected chi connectivity index (χ4v) is 6.01. The van der Waals surface area contributed by atoms with Crippen molar-refractivity contribution in [1.82, 2.24) is 14.8 Å². The number of hydrogen-bond acceptors (Lipinski definition) is 8. The second-order valence-electron chi connectivity index (χ2n) is 9.41. The zero-order chi connectivity index (χ0) is 28.8. The number of aromatic nitrogens is 3. The molecule has 2 aromatic heterocycles. The van der Waals surface area contributed by atoms with Crippen LogP contribution in [0.25, 0.3) is 11.1 Å². The number of nitrogens with one attached hydrogen (secondary N) is 1. The number of carbonyl (C=O) groups excluding carboxylic acids is 2. The third kappa shape index (κ3) is 6.81. The maximum Gasteiger partial charge on any atom is 0.341 e. The Bertz CT molecular complexity index is 1540. The number of esters is 1. The molecule has 0 spiro atoms. The average molecular weight is 577 g/mol. The molecule has 0 bridgehead atoms. The van der Waals surface area contributed by atoms with Crippen LogP contribution >= 0.6 is 23.1 Å². The number of allylic oxidation sites excluding steroid dienone is 1. The number of aryl methyl sites for hydroxylation is 4. The van der Waals surface area contributed by atoms with E-state index in [2.05, 4.69) is 28.2 Å². The summed E-state index contributed by atoms with van der Waals surface area (Å²) in [6.45, 7) is 12.6. The predicted octanol–water partition coefficient (Wildman–Crippen LogP) is 6.52. The molecule has 1 N–H and O–H groups in total. The molecule has 0 fully saturated rings. The second-order valence-corrected chi connectivity index (χ2v) is 11.2. The quantitative estimate of drug-likeness (QED) is 0.123. The summed E-state index contributed by atoms with van der Waals surface area (Å²) in [6.07, 6.45) is 1.75. The van der Waals surface area contributed by atoms with E-state index in [4.69, 9.17) is 9.47 Å². The van der Waals surface area contributed by atoms with Crippen LogP contribution in [0.4, 0.5) is 5.00 Å². The Balaban J connectivity index is 1.47. The molecule has 2 aromatic carbocycles. The number of ether oxygens (including phenoxy) is 2. The van der Waals surface area contributed by atoms with Gasteiger partial charge in [-0.1, -0.05) is 47.7 Å². The molecule has 0 saturated carbocycles. The van der Waals surface area contributed by atoms with E-state index in [1.807, 2.05) is 68.0 Å². The third-order valence-corrected chi connectivity index (χ3v) is 7.98. The smallest absolute Gasteiger partial charge is 0.341 e. The Kier molecular flexibility index (Phi) is 9.44. The van der Waals surface area contributed by atoms with Gasteiger partial charge in [0.25, 0.3) is 0 Å². The van der Waals surface area contributed by atoms with Crippen LogP contribution in [0.15, 0.2) is 59.6 Å². The first-order valence-corrected chi connectivity index (χ1v) is 14.5. The molecule has 208 valence electrons. The first-order valence-electron chi connectivity index (χ1n) is 12.6. The van der Waals surface area contributed by atoms with Gasteiger partial charge in [0.1, 0.15) is 22.9 Å². The number of anilines is 1. The molecule has 10 heteroatoms. The fraction of sp³-hybridized carbons (Fsp3) is 0.267. The van der Waals surface area contributed by atoms with Crippen LogP contribution in [-0.2, 0) is 22.7 Å². The van der Waals surface area contributed by atoms with Gasteiger partial charge in [0.2, 0.25) is 5.91 Å². The second kappa shape index (κ2) is 13.0. The number of hydrogen-bond donors (Lipinski definition) is 1. The lowest BCUT2D eigenvalue weighted by molar-refractivity contribution is -0.113. The number of carbonyl (C=O) groups is 2. The molecule has 40 heavy (non-hydrogen) atoms. The Morgan fingerprint density at radius 1 is 1.05 bits per heavy atom. The molecule has 8 nitrogen and oxygen atoms in total. The first kappa shape index (κ1) is 29.1. The Hall–Kier alpha value is -3.89. The van der Waals surface area contributed by atoms with E-state index >= 15 is 0 Å². The van der Waals surface area contributed by atoms with E-state index < -0.39 is 5.97 Å². The zero-order valence-corrected chi connectivity index (χ0v) is 24.9. The van der Waals surface area contributed by atoms with E-state index in [0.717, 1.165) is 39.1 Å². The van der Waals surface area contributed by atoms with Gasteiger partial charge in [-0.25, -0.2) is 4.79 Å². The van der Waals surface area contributed by atoms with Crippen LogP contribution in [0.2, 0.25) is 0 Å². The number of methoxy groups -OCH3 is 1. The lowest BCUT2D eigenvalue weighted by atomic mass is 9.97. The van der Waals surface area contributed by atoms with E-state index in [9.17, 15) is 9.59 Å². The minimum absolute atomic E-state index is 0.0739. The molecular weight excluding hydrogens is 544 g/mol. The largest absolute Gasteiger partial charge is 0.486 e. The third-order valence-electron chi connectivity index (χ3n) is 6.12. The van der Waals surface area contributed by atoms with Crippen molar-refractivity contribution in [2.45, 2.75) is 46.0 Å². The molecular formula is C30H32N4O4S2. The van der Waals surface area contributed by atoms with Gasteiger partial charge in [0, 0.05) is 17.5 Å². The van der Waals surface area contributed by atoms with Crippen molar-refractivity contribution in [3.63, 3.8) is 0 Å². The highest BCUT2D eigenvalue weighted by Gasteiger charge is 2.24. The van der Waals surface area contributed by atoms with E-state index in [-0.39, 0.29) is 18.3 Å². The number of nitrogens with zero attached hydrogens (tertiary/aromatic N) is 3. The maximum atomic E-state index is 13.0. The highest BCUT2D eigenvalue weighted by molar-refractivity contribution is 7.99. The molecule has 2 heterocycles. The van der Waals surface area contributed by atoms with E-state index in [1.165, 1.54) is 30.2 Å². The van der Waals surface area contributed by atoms with Crippen molar-refractivity contribution >= 4 is 40.0 Å². The molecule has 0 aliphatic carbocycles. The van der Waals surface area contributed by atoms with E-state index in [1.54, 1.807) is 6.08 Å². The summed E-state index contributed by atoms with van der Waals surface area (Å²) >= 11 is 2.55. The fourth-order valence-electron chi connectivity index (χ4n) is 4.28. The van der Waals surface area contributed by atoms with Crippen LogP contribution in [0.5, 0.6) is 5.75 Å². The minimum atomic E-state index is -0.501. The van der Waals surface area contributed by atoms with Gasteiger partial charge in [-0.15, -0.1) is 28.1 Å². The van der Waals surface area contributed by atoms with Gasteiger partial charge < -0.3 is 14.8 Å². The van der Waals surface area contributed by atoms with Gasteiger partial charge in [-0.3, -0.25) is 9.36 Å². The first-order chi connectivity index (χ1) is 19.2. The molecule has 0 aliphatic rings. The SMILES string of the molecule is C=CCn1c(COc2cc(C)cc(C)c2)nnc1SCC(=O)Nc1scc(-c2cc(C)ccc2C)c1C(=O)OC. The number of amides is 1. The summed E-state index contributed by atoms with van der Waals surface area (Å²) in [6, 6.07) is 12.1. The molecule has 1 amide bonds. The number of rotatable bonds is 11. The van der Waals surface area contributed by atoms with Crippen molar-refractivity contribution in [3.05, 3.63) is 88.1 Å². The van der Waals surface area contributed by atoms with Crippen LogP contribution in [-0.4, -0.2) is 39.5 Å². The van der Waals surface area contributed by atoms with Crippen molar-refractivity contribution in [2.75, 3.05) is 18.2 Å². The predicted molar refractivity (Wildman–Crippen MR) is 160 cm³/mol. The van der Waals surface area contributed by atoms with Crippen LogP contribution < -0.4 is 10.1 Å². The maximum absolute atomic E-state index is 13.0. The van der Waals surface area contributed by atoms with Crippen molar-refractivity contribution in [2.24, 2.45) is 0 Å². The van der Waals surface area contributed by atoms with Crippen LogP contribution in [0.3, 0.4) is 0 Å². The molecule has 0 atom stereocenters. The number of thiophene rings is 1. The van der Waals surface area contributed by atoms with Gasteiger partial charge in [-0.2, -0.15) is 0 Å². The monoisotopic (exact) mass is 576 g/mol. The highest BCUT2D eigenvalue weighted by Crippen LogP contribution is 2.38. The lowest BCUT2D eigenvalue weighted by Gasteiger charge is -2.11. The van der Waals surface area contributed by atoms with Crippen molar-refractivity contribution in [1.29, 1.82) is 0 Å². The summed E-state index contributed by atoms with van der Waals surface area (Å²) in [5.41, 5.74) is 6.35. The Labute approximate surface area is 242 Å². The number of thioether (sulfide) groups is 1. The molecule has 4 aromatic rings. The van der Waals surface area contributed by atoms with Crippen LogP contribution in [0, 0.1) is 27.7 Å². The van der Waals surface area contributed by atoms with Gasteiger partial charge in [0.05, 0.1) is 12.9 Å². The van der Waals surface area contributed by atoms with Crippen LogP contribution in [0.1, 0.15) is 38.4 Å². The zero-order valence-electron chi connectivity index (χ0n) is 23.2. The molecule has 0 aliphatic heterocycles. The normalized spacial score (nSPS) is 10.8. The number of benzene rings is 2. The minimum Gasteiger partial charge on any atom is -0.486 e. The lowest BCUT2D eigenvalue weighted by Crippen LogP contribution is -2.16. The molecule has 0 unspecified atom stereocenters. The molecule has 4 rings (SSSR count). The van der Waals surface area contributed by atoms with Gasteiger partial charge in [0.15, 0.2) is 11.0 Å². The summed E-state index contributed by atoms with van der Waals surface area (Å²) in [4.78, 5) is 25.7. The van der Waals surface area contributed by atoms with Crippen molar-refractivity contribution in [3.8, 4) is 16.9 Å². The van der Waals surface area contributed by atoms with Gasteiger partial charge in [-0.05, 0) is 62.1 Å². The summed E-state index contributed by atoms with van der Waals surface area (Å²) in [5, 5.41) is 14.4. The average Bonchev–Trinajstić information content (AvgIpc) is 3.50. The summed E-state index contributed by atoms with van der Waals surface area (Å²) in [7, 11) is 1.34. The highest BCUT2D eigenvalue weighted by atomic mass is 32.2. The summed E-state index contributed by atoms with van der Waals surface area (Å²) in [5.74, 6) is 0.693. The standard InChI is InChI=1S/C30H32N4O4S2/c1-7-10-34-25(15-38-22-12-19(3)11-20(4)13-22)32-33-30(34)40-17-26(35)31-28-27(29(36)37-6)24(16-39-28)23-14-18(2)8-9-21(23)5/h7-9,11-14,16H,1,10,15,17H2,2-6H3,(H,31,35). The summed E-state index contributed by atoms with van der Waals surface area (Å²) < 4.78 is 12.9. The topological polar surface area (TPSA) is 95.3 Å². The van der Waals surface area contributed by atoms with Gasteiger partial charge >= 0.3 is 5.97 Å². The Morgan fingerprint density at radius 3 is 2.50 bits per heavy atom.